The fraction of sp³-hybridized carbons (Fsp3) is 0.800. The van der Waals surface area contributed by atoms with Gasteiger partial charge in [-0.1, -0.05) is 19.9 Å². The Morgan fingerprint density at radius 2 is 1.94 bits per heavy atom. The van der Waals surface area contributed by atoms with Gasteiger partial charge in [0.25, 0.3) is 0 Å². The molecule has 2 N–H and O–H groups in total. The number of aliphatic carboxylic acids is 1. The summed E-state index contributed by atoms with van der Waals surface area (Å²) in [6, 6.07) is 0. The lowest BCUT2D eigenvalue weighted by Crippen LogP contribution is -2.51. The van der Waals surface area contributed by atoms with Gasteiger partial charge in [0.1, 0.15) is 0 Å². The zero-order valence-corrected chi connectivity index (χ0v) is 11.4. The van der Waals surface area contributed by atoms with Crippen LogP contribution in [0.2, 0.25) is 0 Å². The summed E-state index contributed by atoms with van der Waals surface area (Å²) in [7, 11) is 0. The molecule has 2 saturated carbocycles. The van der Waals surface area contributed by atoms with Crippen LogP contribution in [0.4, 0.5) is 0 Å². The summed E-state index contributed by atoms with van der Waals surface area (Å²) in [6.45, 7) is 7.88. The van der Waals surface area contributed by atoms with E-state index in [-0.39, 0.29) is 17.3 Å². The van der Waals surface area contributed by atoms with Crippen LogP contribution in [0.5, 0.6) is 0 Å². The van der Waals surface area contributed by atoms with Crippen molar-refractivity contribution >= 4 is 5.97 Å². The van der Waals surface area contributed by atoms with Crippen LogP contribution < -0.4 is 0 Å². The summed E-state index contributed by atoms with van der Waals surface area (Å²) in [5, 5.41) is 19.7. The van der Waals surface area contributed by atoms with Gasteiger partial charge in [0.2, 0.25) is 0 Å². The van der Waals surface area contributed by atoms with E-state index in [4.69, 9.17) is 5.11 Å². The maximum absolute atomic E-state index is 11.0. The first-order valence-electron chi connectivity index (χ1n) is 6.91. The molecule has 2 fully saturated rings. The van der Waals surface area contributed by atoms with E-state index in [2.05, 4.69) is 13.5 Å². The molecule has 2 aliphatic rings. The van der Waals surface area contributed by atoms with E-state index in [1.807, 2.05) is 6.92 Å². The second-order valence-corrected chi connectivity index (χ2v) is 6.72. The highest BCUT2D eigenvalue weighted by molar-refractivity contribution is 5.86. The predicted octanol–water partition coefficient (Wildman–Crippen LogP) is 2.98. The van der Waals surface area contributed by atoms with Crippen LogP contribution >= 0.6 is 0 Å². The third kappa shape index (κ3) is 2.20. The van der Waals surface area contributed by atoms with Gasteiger partial charge in [-0.05, 0) is 56.3 Å². The third-order valence-electron chi connectivity index (χ3n) is 5.37. The Labute approximate surface area is 109 Å². The Balaban J connectivity index is 2.19. The standard InChI is InChI=1S/C15H24O3/c1-10(13(16)17)11-5-8-14(2)6-4-7-15(3,18)12(14)9-11/h11-12,18H,1,4-9H2,2-3H3,(H,16,17)/t11-,12?,14-,15?/m1/s1. The van der Waals surface area contributed by atoms with Gasteiger partial charge in [0.05, 0.1) is 5.60 Å². The summed E-state index contributed by atoms with van der Waals surface area (Å²) in [5.41, 5.74) is -0.153. The van der Waals surface area contributed by atoms with Gasteiger partial charge in [-0.15, -0.1) is 0 Å². The molecule has 0 aromatic heterocycles. The largest absolute Gasteiger partial charge is 0.478 e. The number of carbonyl (C=O) groups is 1. The molecule has 0 saturated heterocycles. The molecule has 0 heterocycles. The van der Waals surface area contributed by atoms with Gasteiger partial charge in [0, 0.05) is 5.57 Å². The van der Waals surface area contributed by atoms with E-state index in [9.17, 15) is 9.90 Å². The fourth-order valence-electron chi connectivity index (χ4n) is 4.18. The van der Waals surface area contributed by atoms with Crippen LogP contribution in [0, 0.1) is 17.3 Å². The number of carboxylic acids is 1. The highest BCUT2D eigenvalue weighted by Crippen LogP contribution is 2.56. The smallest absolute Gasteiger partial charge is 0.331 e. The molecule has 0 spiro atoms. The Morgan fingerprint density at radius 3 is 2.56 bits per heavy atom. The Morgan fingerprint density at radius 1 is 1.28 bits per heavy atom. The molecule has 2 unspecified atom stereocenters. The first kappa shape index (κ1) is 13.6. The van der Waals surface area contributed by atoms with Gasteiger partial charge in [-0.3, -0.25) is 0 Å². The molecule has 0 bridgehead atoms. The predicted molar refractivity (Wildman–Crippen MR) is 70.2 cm³/mol. The topological polar surface area (TPSA) is 57.5 Å². The van der Waals surface area contributed by atoms with E-state index >= 15 is 0 Å². The third-order valence-corrected chi connectivity index (χ3v) is 5.37. The van der Waals surface area contributed by atoms with Crippen molar-refractivity contribution in [3.8, 4) is 0 Å². The molecule has 0 radical (unpaired) electrons. The molecule has 0 aliphatic heterocycles. The average molecular weight is 252 g/mol. The lowest BCUT2D eigenvalue weighted by Gasteiger charge is -2.54. The number of aliphatic hydroxyl groups is 1. The molecule has 3 nitrogen and oxygen atoms in total. The van der Waals surface area contributed by atoms with Crippen molar-refractivity contribution in [1.82, 2.24) is 0 Å². The first-order chi connectivity index (χ1) is 8.26. The molecule has 102 valence electrons. The number of hydrogen-bond donors (Lipinski definition) is 2. The number of rotatable bonds is 2. The summed E-state index contributed by atoms with van der Waals surface area (Å²) in [4.78, 5) is 11.0. The summed E-state index contributed by atoms with van der Waals surface area (Å²) >= 11 is 0. The van der Waals surface area contributed by atoms with Crippen LogP contribution in [0.15, 0.2) is 12.2 Å². The van der Waals surface area contributed by atoms with Gasteiger partial charge in [0.15, 0.2) is 0 Å². The normalized spacial score (nSPS) is 44.2. The van der Waals surface area contributed by atoms with E-state index in [1.54, 1.807) is 0 Å². The Hall–Kier alpha value is -0.830. The van der Waals surface area contributed by atoms with E-state index in [0.29, 0.717) is 5.57 Å². The second kappa shape index (κ2) is 4.37. The Kier molecular flexibility index (Phi) is 3.30. The van der Waals surface area contributed by atoms with Crippen molar-refractivity contribution in [2.45, 2.75) is 58.0 Å². The number of fused-ring (bicyclic) bond motifs is 1. The fourth-order valence-corrected chi connectivity index (χ4v) is 4.18. The SMILES string of the molecule is C=C(C(=O)O)[C@@H]1CC[C@@]2(C)CCCC(C)(O)C2C1. The van der Waals surface area contributed by atoms with Gasteiger partial charge >= 0.3 is 5.97 Å². The minimum Gasteiger partial charge on any atom is -0.478 e. The summed E-state index contributed by atoms with van der Waals surface area (Å²) < 4.78 is 0. The molecule has 4 atom stereocenters. The molecule has 18 heavy (non-hydrogen) atoms. The van der Waals surface area contributed by atoms with Crippen LogP contribution in [0.25, 0.3) is 0 Å². The van der Waals surface area contributed by atoms with Crippen LogP contribution in [-0.2, 0) is 4.79 Å². The molecule has 0 aromatic carbocycles. The van der Waals surface area contributed by atoms with Gasteiger partial charge in [-0.25, -0.2) is 4.79 Å². The number of carboxylic acid groups (broad SMARTS) is 1. The zero-order valence-electron chi connectivity index (χ0n) is 11.4. The molecule has 2 rings (SSSR count). The molecular weight excluding hydrogens is 228 g/mol. The van der Waals surface area contributed by atoms with Crippen molar-refractivity contribution in [3.05, 3.63) is 12.2 Å². The molecule has 2 aliphatic carbocycles. The van der Waals surface area contributed by atoms with Crippen molar-refractivity contribution in [3.63, 3.8) is 0 Å². The van der Waals surface area contributed by atoms with E-state index in [0.717, 1.165) is 38.5 Å². The molecule has 0 amide bonds. The molecule has 0 aromatic rings. The number of hydrogen-bond acceptors (Lipinski definition) is 2. The van der Waals surface area contributed by atoms with Crippen LogP contribution in [-0.4, -0.2) is 21.8 Å². The van der Waals surface area contributed by atoms with E-state index < -0.39 is 11.6 Å². The maximum atomic E-state index is 11.0. The highest BCUT2D eigenvalue weighted by Gasteiger charge is 2.51. The minimum atomic E-state index is -0.890. The van der Waals surface area contributed by atoms with E-state index in [1.165, 1.54) is 0 Å². The summed E-state index contributed by atoms with van der Waals surface area (Å²) in [6.07, 6.45) is 5.73. The quantitative estimate of drug-likeness (QED) is 0.743. The lowest BCUT2D eigenvalue weighted by molar-refractivity contribution is -0.137. The van der Waals surface area contributed by atoms with Crippen molar-refractivity contribution < 1.29 is 15.0 Å². The zero-order chi connectivity index (χ0) is 13.6. The molecule has 3 heteroatoms. The average Bonchev–Trinajstić information content (AvgIpc) is 2.27. The minimum absolute atomic E-state index is 0.0325. The van der Waals surface area contributed by atoms with Crippen LogP contribution in [0.3, 0.4) is 0 Å². The van der Waals surface area contributed by atoms with Gasteiger partial charge < -0.3 is 10.2 Å². The van der Waals surface area contributed by atoms with Crippen molar-refractivity contribution in [2.24, 2.45) is 17.3 Å². The maximum Gasteiger partial charge on any atom is 0.331 e. The Bertz CT molecular complexity index is 372. The van der Waals surface area contributed by atoms with Crippen LogP contribution in [0.1, 0.15) is 52.4 Å². The highest BCUT2D eigenvalue weighted by atomic mass is 16.4. The van der Waals surface area contributed by atoms with Gasteiger partial charge in [-0.2, -0.15) is 0 Å². The van der Waals surface area contributed by atoms with Crippen molar-refractivity contribution in [2.75, 3.05) is 0 Å². The second-order valence-electron chi connectivity index (χ2n) is 6.72. The molecular formula is C15H24O3. The van der Waals surface area contributed by atoms with Crippen molar-refractivity contribution in [1.29, 1.82) is 0 Å². The monoisotopic (exact) mass is 252 g/mol. The lowest BCUT2D eigenvalue weighted by atomic mass is 9.53. The first-order valence-corrected chi connectivity index (χ1v) is 6.91. The summed E-state index contributed by atoms with van der Waals surface area (Å²) in [5.74, 6) is -0.655.